The van der Waals surface area contributed by atoms with Gasteiger partial charge in [0.2, 0.25) is 5.91 Å². The van der Waals surface area contributed by atoms with E-state index < -0.39 is 0 Å². The number of thioether (sulfide) groups is 1. The van der Waals surface area contributed by atoms with Crippen LogP contribution in [0.15, 0.2) is 47.4 Å². The predicted molar refractivity (Wildman–Crippen MR) is 99.7 cm³/mol. The number of hydrogen-bond acceptors (Lipinski definition) is 4. The zero-order valence-corrected chi connectivity index (χ0v) is 14.8. The van der Waals surface area contributed by atoms with Gasteiger partial charge in [0.25, 0.3) is 0 Å². The van der Waals surface area contributed by atoms with Crippen LogP contribution in [0.25, 0.3) is 10.8 Å². The average molecular weight is 355 g/mol. The molecule has 0 bridgehead atoms. The zero-order valence-electron chi connectivity index (χ0n) is 13.2. The first-order valence-electron chi connectivity index (χ1n) is 7.37. The van der Waals surface area contributed by atoms with Gasteiger partial charge in [-0.1, -0.05) is 30.3 Å². The fraction of sp³-hybridized carbons (Fsp3) is 0.353. The Morgan fingerprint density at radius 2 is 1.87 bits per heavy atom. The average Bonchev–Trinajstić information content (AvgIpc) is 2.56. The number of carbonyl (C=O) groups excluding carboxylic acids is 1. The van der Waals surface area contributed by atoms with Crippen molar-refractivity contribution >= 4 is 40.8 Å². The van der Waals surface area contributed by atoms with Crippen molar-refractivity contribution in [2.45, 2.75) is 4.90 Å². The first kappa shape index (κ1) is 19.8. The highest BCUT2D eigenvalue weighted by Gasteiger charge is 2.03. The molecule has 0 spiro atoms. The zero-order chi connectivity index (χ0) is 15.6. The highest BCUT2D eigenvalue weighted by molar-refractivity contribution is 8.00. The Kier molecular flexibility index (Phi) is 9.71. The highest BCUT2D eigenvalue weighted by atomic mass is 35.5. The maximum Gasteiger partial charge on any atom is 0.230 e. The lowest BCUT2D eigenvalue weighted by Gasteiger charge is -2.07. The number of carbonyl (C=O) groups is 1. The number of fused-ring (bicyclic) bond motifs is 1. The van der Waals surface area contributed by atoms with Crippen LogP contribution in [0.2, 0.25) is 0 Å². The topological polar surface area (TPSA) is 50.4 Å². The second-order valence-corrected chi connectivity index (χ2v) is 5.94. The molecule has 0 aliphatic carbocycles. The lowest BCUT2D eigenvalue weighted by atomic mass is 10.1. The Morgan fingerprint density at radius 3 is 2.65 bits per heavy atom. The number of methoxy groups -OCH3 is 1. The van der Waals surface area contributed by atoms with Crippen molar-refractivity contribution in [1.82, 2.24) is 10.6 Å². The van der Waals surface area contributed by atoms with E-state index in [-0.39, 0.29) is 18.3 Å². The van der Waals surface area contributed by atoms with Gasteiger partial charge < -0.3 is 15.4 Å². The minimum absolute atomic E-state index is 0. The fourth-order valence-corrected chi connectivity index (χ4v) is 2.82. The van der Waals surface area contributed by atoms with Crippen LogP contribution in [0.5, 0.6) is 0 Å². The van der Waals surface area contributed by atoms with Gasteiger partial charge in [-0.3, -0.25) is 4.79 Å². The van der Waals surface area contributed by atoms with E-state index in [2.05, 4.69) is 41.0 Å². The van der Waals surface area contributed by atoms with E-state index in [1.807, 2.05) is 12.1 Å². The summed E-state index contributed by atoms with van der Waals surface area (Å²) in [5, 5.41) is 8.52. The van der Waals surface area contributed by atoms with Gasteiger partial charge in [-0.25, -0.2) is 0 Å². The Labute approximate surface area is 147 Å². The third kappa shape index (κ3) is 7.22. The number of amides is 1. The summed E-state index contributed by atoms with van der Waals surface area (Å²) in [5.74, 6) is 0.503. The van der Waals surface area contributed by atoms with Crippen LogP contribution < -0.4 is 10.6 Å². The van der Waals surface area contributed by atoms with Crippen molar-refractivity contribution < 1.29 is 9.53 Å². The molecule has 2 N–H and O–H groups in total. The van der Waals surface area contributed by atoms with Crippen LogP contribution in [-0.2, 0) is 9.53 Å². The van der Waals surface area contributed by atoms with Crippen molar-refractivity contribution in [3.05, 3.63) is 42.5 Å². The van der Waals surface area contributed by atoms with E-state index >= 15 is 0 Å². The monoisotopic (exact) mass is 354 g/mol. The summed E-state index contributed by atoms with van der Waals surface area (Å²) < 4.78 is 4.93. The molecule has 0 heterocycles. The maximum absolute atomic E-state index is 11.8. The standard InChI is InChI=1S/C17H22N2O2S.ClH/c1-21-11-10-18-8-9-19-17(20)13-22-16-7-6-14-4-2-3-5-15(14)12-16;/h2-7,12,18H,8-11,13H2,1H3,(H,19,20);1H. The molecule has 2 aromatic carbocycles. The Balaban J connectivity index is 0.00000264. The number of nitrogens with one attached hydrogen (secondary N) is 2. The largest absolute Gasteiger partial charge is 0.383 e. The van der Waals surface area contributed by atoms with Crippen molar-refractivity contribution in [3.63, 3.8) is 0 Å². The minimum Gasteiger partial charge on any atom is -0.383 e. The van der Waals surface area contributed by atoms with Crippen molar-refractivity contribution in [2.75, 3.05) is 39.1 Å². The number of benzene rings is 2. The Hall–Kier alpha value is -1.27. The van der Waals surface area contributed by atoms with Gasteiger partial charge in [0.15, 0.2) is 0 Å². The van der Waals surface area contributed by atoms with Crippen LogP contribution in [-0.4, -0.2) is 45.0 Å². The van der Waals surface area contributed by atoms with E-state index in [4.69, 9.17) is 4.74 Å². The van der Waals surface area contributed by atoms with Crippen LogP contribution >= 0.6 is 24.2 Å². The summed E-state index contributed by atoms with van der Waals surface area (Å²) in [6.07, 6.45) is 0. The third-order valence-corrected chi connectivity index (χ3v) is 4.19. The lowest BCUT2D eigenvalue weighted by molar-refractivity contribution is -0.118. The van der Waals surface area contributed by atoms with E-state index in [9.17, 15) is 4.79 Å². The fourth-order valence-electron chi connectivity index (χ4n) is 2.05. The Bertz CT molecular complexity index is 610. The van der Waals surface area contributed by atoms with Gasteiger partial charge in [0.05, 0.1) is 12.4 Å². The molecule has 2 aromatic rings. The van der Waals surface area contributed by atoms with Crippen LogP contribution in [0.1, 0.15) is 0 Å². The van der Waals surface area contributed by atoms with Crippen molar-refractivity contribution in [1.29, 1.82) is 0 Å². The summed E-state index contributed by atoms with van der Waals surface area (Å²) >= 11 is 1.56. The number of rotatable bonds is 9. The van der Waals surface area contributed by atoms with Gasteiger partial charge in [0, 0.05) is 31.6 Å². The first-order valence-corrected chi connectivity index (χ1v) is 8.36. The molecule has 0 aliphatic rings. The van der Waals surface area contributed by atoms with E-state index in [1.165, 1.54) is 10.8 Å². The van der Waals surface area contributed by atoms with Crippen molar-refractivity contribution in [2.24, 2.45) is 0 Å². The van der Waals surface area contributed by atoms with Crippen LogP contribution in [0.4, 0.5) is 0 Å². The second kappa shape index (κ2) is 11.3. The van der Waals surface area contributed by atoms with Crippen LogP contribution in [0.3, 0.4) is 0 Å². The molecule has 0 aromatic heterocycles. The van der Waals surface area contributed by atoms with Crippen LogP contribution in [0, 0.1) is 0 Å². The van der Waals surface area contributed by atoms with Gasteiger partial charge in [0.1, 0.15) is 0 Å². The molecular weight excluding hydrogens is 332 g/mol. The minimum atomic E-state index is 0. The molecule has 0 fully saturated rings. The molecule has 0 saturated carbocycles. The quantitative estimate of drug-likeness (QED) is 0.537. The third-order valence-electron chi connectivity index (χ3n) is 3.20. The summed E-state index contributed by atoms with van der Waals surface area (Å²) in [7, 11) is 1.67. The second-order valence-electron chi connectivity index (χ2n) is 4.89. The molecule has 1 amide bonds. The van der Waals surface area contributed by atoms with Gasteiger partial charge in [-0.05, 0) is 22.9 Å². The maximum atomic E-state index is 11.8. The van der Waals surface area contributed by atoms with E-state index in [1.54, 1.807) is 18.9 Å². The molecule has 6 heteroatoms. The summed E-state index contributed by atoms with van der Waals surface area (Å²) in [4.78, 5) is 12.9. The molecule has 4 nitrogen and oxygen atoms in total. The molecule has 0 radical (unpaired) electrons. The lowest BCUT2D eigenvalue weighted by Crippen LogP contribution is -2.33. The SMILES string of the molecule is COCCNCCNC(=O)CSc1ccc2ccccc2c1.Cl. The molecule has 0 unspecified atom stereocenters. The van der Waals surface area contributed by atoms with Gasteiger partial charge in [-0.15, -0.1) is 24.2 Å². The normalized spacial score (nSPS) is 10.3. The van der Waals surface area contributed by atoms with Gasteiger partial charge in [-0.2, -0.15) is 0 Å². The molecular formula is C17H23ClN2O2S. The molecule has 0 saturated heterocycles. The number of hydrogen-bond donors (Lipinski definition) is 2. The molecule has 126 valence electrons. The molecule has 0 atom stereocenters. The molecule has 23 heavy (non-hydrogen) atoms. The summed E-state index contributed by atoms with van der Waals surface area (Å²) in [6.45, 7) is 2.89. The van der Waals surface area contributed by atoms with E-state index in [0.29, 0.717) is 18.9 Å². The molecule has 0 aliphatic heterocycles. The smallest absolute Gasteiger partial charge is 0.230 e. The van der Waals surface area contributed by atoms with E-state index in [0.717, 1.165) is 18.0 Å². The molecule has 2 rings (SSSR count). The predicted octanol–water partition coefficient (Wildman–Crippen LogP) is 2.71. The van der Waals surface area contributed by atoms with Gasteiger partial charge >= 0.3 is 0 Å². The number of ether oxygens (including phenoxy) is 1. The Morgan fingerprint density at radius 1 is 1.09 bits per heavy atom. The highest BCUT2D eigenvalue weighted by Crippen LogP contribution is 2.23. The first-order chi connectivity index (χ1) is 10.8. The summed E-state index contributed by atoms with van der Waals surface area (Å²) in [5.41, 5.74) is 0. The number of halogens is 1. The summed E-state index contributed by atoms with van der Waals surface area (Å²) in [6, 6.07) is 14.5. The van der Waals surface area contributed by atoms with Crippen molar-refractivity contribution in [3.8, 4) is 0 Å².